The molecule has 9 atom stereocenters. The van der Waals surface area contributed by atoms with Crippen LogP contribution in [0.1, 0.15) is 0 Å². The van der Waals surface area contributed by atoms with Crippen molar-refractivity contribution in [1.29, 1.82) is 0 Å². The Morgan fingerprint density at radius 2 is 1.46 bits per heavy atom. The first-order valence-corrected chi connectivity index (χ1v) is 9.07. The molecule has 0 amide bonds. The van der Waals surface area contributed by atoms with Gasteiger partial charge in [0.1, 0.15) is 43.2 Å². The van der Waals surface area contributed by atoms with E-state index in [0.717, 1.165) is 0 Å². The minimum Gasteiger partial charge on any atom is -0.394 e. The average Bonchev–Trinajstić information content (AvgIpc) is 2.86. The standard InChI is InChI=1S/C12H22O14S.Al.3H/c13-1-4-6(16)8(18)9(19)11(23-4)25-12(3-15)10(26-27(20,21)22)7(17)5(2-14)24-12;;;;/h4-11,13-19H,1-3H2,(H,20,21,22);;;;/t4-,5-,6-,7-,8+,9-,10+,11-,12+;;;;/m1..../s1. The number of hydrogen-bond donors (Lipinski definition) is 8. The lowest BCUT2D eigenvalue weighted by atomic mass is 9.99. The molecule has 28 heavy (non-hydrogen) atoms. The van der Waals surface area contributed by atoms with Crippen LogP contribution in [0.5, 0.6) is 0 Å². The first-order valence-electron chi connectivity index (χ1n) is 7.71. The fourth-order valence-corrected chi connectivity index (χ4v) is 3.40. The zero-order chi connectivity index (χ0) is 20.6. The Labute approximate surface area is 169 Å². The molecule has 0 radical (unpaired) electrons. The van der Waals surface area contributed by atoms with Gasteiger partial charge in [-0.15, -0.1) is 0 Å². The maximum atomic E-state index is 11.1. The number of aliphatic hydroxyl groups excluding tert-OH is 7. The summed E-state index contributed by atoms with van der Waals surface area (Å²) in [5.74, 6) is -2.57. The van der Waals surface area contributed by atoms with Crippen molar-refractivity contribution >= 4 is 27.8 Å². The van der Waals surface area contributed by atoms with E-state index in [1.165, 1.54) is 0 Å². The first kappa shape index (κ1) is 26.0. The predicted molar refractivity (Wildman–Crippen MR) is 89.0 cm³/mol. The second-order valence-electron chi connectivity index (χ2n) is 6.06. The third-order valence-electron chi connectivity index (χ3n) is 4.27. The molecule has 8 N–H and O–H groups in total. The summed E-state index contributed by atoms with van der Waals surface area (Å²) in [5, 5.41) is 67.6. The molecule has 0 aromatic carbocycles. The molecule has 2 fully saturated rings. The van der Waals surface area contributed by atoms with Gasteiger partial charge in [-0.3, -0.25) is 4.55 Å². The van der Waals surface area contributed by atoms with Crippen LogP contribution >= 0.6 is 0 Å². The van der Waals surface area contributed by atoms with Gasteiger partial charge < -0.3 is 50.0 Å². The van der Waals surface area contributed by atoms with Crippen molar-refractivity contribution in [3.63, 3.8) is 0 Å². The summed E-state index contributed by atoms with van der Waals surface area (Å²) in [6.45, 7) is -2.88. The molecule has 0 aliphatic carbocycles. The van der Waals surface area contributed by atoms with Gasteiger partial charge in [-0.25, -0.2) is 4.18 Å². The Kier molecular flexibility index (Phi) is 9.18. The van der Waals surface area contributed by atoms with E-state index < -0.39 is 85.0 Å². The van der Waals surface area contributed by atoms with E-state index in [4.69, 9.17) is 23.9 Å². The molecule has 0 bridgehead atoms. The average molecular weight is 452 g/mol. The van der Waals surface area contributed by atoms with Gasteiger partial charge in [-0.1, -0.05) is 0 Å². The van der Waals surface area contributed by atoms with Crippen molar-refractivity contribution in [1.82, 2.24) is 0 Å². The molecular weight excluding hydrogens is 427 g/mol. The lowest BCUT2D eigenvalue weighted by Crippen LogP contribution is -2.63. The SMILES string of the molecule is O=S(=O)(O)O[C@H]1[C@H](O)[C@@H](CO)O[C@@]1(CO)O[C@H]1O[C@H](CO)[C@@H](O)[C@H](O)[C@H]1O.[AlH3]. The summed E-state index contributed by atoms with van der Waals surface area (Å²) in [6, 6.07) is 0. The summed E-state index contributed by atoms with van der Waals surface area (Å²) in [5.41, 5.74) is 0. The van der Waals surface area contributed by atoms with Gasteiger partial charge in [0.05, 0.1) is 13.2 Å². The minimum atomic E-state index is -5.19. The summed E-state index contributed by atoms with van der Waals surface area (Å²) in [7, 11) is -5.19. The Balaban J connectivity index is 0.00000392. The van der Waals surface area contributed by atoms with Crippen molar-refractivity contribution in [3.05, 3.63) is 0 Å². The lowest BCUT2D eigenvalue weighted by molar-refractivity contribution is -0.382. The topological polar surface area (TPSA) is 233 Å². The maximum Gasteiger partial charge on any atom is 0.397 e. The molecule has 0 aromatic rings. The molecule has 2 rings (SSSR count). The fraction of sp³-hybridized carbons (Fsp3) is 1.00. The first-order chi connectivity index (χ1) is 12.5. The van der Waals surface area contributed by atoms with Crippen LogP contribution in [0.3, 0.4) is 0 Å². The van der Waals surface area contributed by atoms with Crippen LogP contribution in [0, 0.1) is 0 Å². The van der Waals surface area contributed by atoms with Crippen LogP contribution in [-0.4, -0.2) is 141 Å². The Morgan fingerprint density at radius 1 is 0.893 bits per heavy atom. The second-order valence-corrected chi connectivity index (χ2v) is 7.11. The zero-order valence-corrected chi connectivity index (χ0v) is 14.5. The van der Waals surface area contributed by atoms with Crippen LogP contribution in [0.2, 0.25) is 0 Å². The van der Waals surface area contributed by atoms with E-state index in [-0.39, 0.29) is 17.4 Å². The Morgan fingerprint density at radius 3 is 1.93 bits per heavy atom. The fourth-order valence-electron chi connectivity index (χ4n) is 2.88. The van der Waals surface area contributed by atoms with E-state index in [2.05, 4.69) is 4.18 Å². The van der Waals surface area contributed by atoms with E-state index >= 15 is 0 Å². The Bertz CT molecular complexity index is 603. The highest BCUT2D eigenvalue weighted by molar-refractivity contribution is 7.80. The molecule has 16 heteroatoms. The van der Waals surface area contributed by atoms with Crippen LogP contribution in [0.4, 0.5) is 0 Å². The number of rotatable bonds is 7. The van der Waals surface area contributed by atoms with Gasteiger partial charge in [0, 0.05) is 0 Å². The molecular formula is C12H25AlO14S. The summed E-state index contributed by atoms with van der Waals surface area (Å²) >= 11 is 0. The maximum absolute atomic E-state index is 11.1. The second kappa shape index (κ2) is 9.87. The van der Waals surface area contributed by atoms with E-state index in [0.29, 0.717) is 0 Å². The smallest absolute Gasteiger partial charge is 0.394 e. The monoisotopic (exact) mass is 452 g/mol. The number of ether oxygens (including phenoxy) is 3. The van der Waals surface area contributed by atoms with Crippen molar-refractivity contribution in [3.8, 4) is 0 Å². The molecule has 2 heterocycles. The summed E-state index contributed by atoms with van der Waals surface area (Å²) in [4.78, 5) is 0. The van der Waals surface area contributed by atoms with Crippen LogP contribution in [0.25, 0.3) is 0 Å². The van der Waals surface area contributed by atoms with Gasteiger partial charge in [0.2, 0.25) is 5.79 Å². The molecule has 0 saturated carbocycles. The highest BCUT2D eigenvalue weighted by Crippen LogP contribution is 2.38. The molecule has 14 nitrogen and oxygen atoms in total. The minimum absolute atomic E-state index is 0. The van der Waals surface area contributed by atoms with Crippen LogP contribution in [0.15, 0.2) is 0 Å². The molecule has 0 aromatic heterocycles. The third-order valence-corrected chi connectivity index (χ3v) is 4.72. The number of hydrogen-bond acceptors (Lipinski definition) is 13. The molecule has 2 aliphatic rings. The van der Waals surface area contributed by atoms with Crippen molar-refractivity contribution in [2.75, 3.05) is 19.8 Å². The van der Waals surface area contributed by atoms with E-state index in [9.17, 15) is 39.1 Å². The predicted octanol–water partition coefficient (Wildman–Crippen LogP) is -6.75. The zero-order valence-electron chi connectivity index (χ0n) is 13.7. The van der Waals surface area contributed by atoms with Crippen molar-refractivity contribution < 1.29 is 67.1 Å². The van der Waals surface area contributed by atoms with Gasteiger partial charge in [0.25, 0.3) is 0 Å². The molecule has 0 unspecified atom stereocenters. The highest BCUT2D eigenvalue weighted by atomic mass is 32.3. The largest absolute Gasteiger partial charge is 0.397 e. The van der Waals surface area contributed by atoms with Gasteiger partial charge in [-0.2, -0.15) is 8.42 Å². The van der Waals surface area contributed by atoms with Crippen molar-refractivity contribution in [2.45, 2.75) is 54.8 Å². The Hall–Kier alpha value is 0.00247. The molecule has 2 aliphatic heterocycles. The summed E-state index contributed by atoms with van der Waals surface area (Å²) < 4.78 is 50.7. The summed E-state index contributed by atoms with van der Waals surface area (Å²) in [6.07, 6.45) is -14.4. The number of aliphatic hydroxyl groups is 7. The van der Waals surface area contributed by atoms with Gasteiger partial charge >= 0.3 is 10.4 Å². The third kappa shape index (κ3) is 5.18. The van der Waals surface area contributed by atoms with E-state index in [1.54, 1.807) is 0 Å². The van der Waals surface area contributed by atoms with Gasteiger partial charge in [0.15, 0.2) is 29.8 Å². The highest BCUT2D eigenvalue weighted by Gasteiger charge is 2.61. The quantitative estimate of drug-likeness (QED) is 0.132. The van der Waals surface area contributed by atoms with Gasteiger partial charge in [-0.05, 0) is 0 Å². The van der Waals surface area contributed by atoms with Crippen molar-refractivity contribution in [2.24, 2.45) is 0 Å². The molecule has 0 spiro atoms. The van der Waals surface area contributed by atoms with Crippen LogP contribution in [-0.2, 0) is 28.8 Å². The molecule has 166 valence electrons. The lowest BCUT2D eigenvalue weighted by Gasteiger charge is -2.43. The van der Waals surface area contributed by atoms with E-state index in [1.807, 2.05) is 0 Å². The molecule has 2 saturated heterocycles. The normalized spacial score (nSPS) is 44.3. The van der Waals surface area contributed by atoms with Crippen LogP contribution < -0.4 is 0 Å².